The van der Waals surface area contributed by atoms with Gasteiger partial charge >= 0.3 is 5.97 Å². The van der Waals surface area contributed by atoms with Gasteiger partial charge in [-0.15, -0.1) is 0 Å². The molecular weight excluding hydrogens is 356 g/mol. The summed E-state index contributed by atoms with van der Waals surface area (Å²) in [6.45, 7) is 6.35. The molecule has 3 saturated carbocycles. The highest BCUT2D eigenvalue weighted by Gasteiger charge is 2.75. The summed E-state index contributed by atoms with van der Waals surface area (Å²) < 4.78 is 11.5. The summed E-state index contributed by atoms with van der Waals surface area (Å²) in [5.41, 5.74) is 0.921. The van der Waals surface area contributed by atoms with Gasteiger partial charge in [-0.05, 0) is 67.8 Å². The maximum absolute atomic E-state index is 12.0. The number of ether oxygens (including phenoxy) is 2. The van der Waals surface area contributed by atoms with Gasteiger partial charge in [0.25, 0.3) is 0 Å². The zero-order valence-electron chi connectivity index (χ0n) is 17.2. The first kappa shape index (κ1) is 18.8. The van der Waals surface area contributed by atoms with E-state index in [1.54, 1.807) is 0 Å². The smallest absolute Gasteiger partial charge is 0.302 e. The Morgan fingerprint density at radius 2 is 2.07 bits per heavy atom. The van der Waals surface area contributed by atoms with Crippen LogP contribution in [0.25, 0.3) is 0 Å². The molecule has 1 N–H and O–H groups in total. The van der Waals surface area contributed by atoms with E-state index in [4.69, 9.17) is 9.47 Å². The van der Waals surface area contributed by atoms with Crippen LogP contribution in [-0.4, -0.2) is 41.3 Å². The number of aliphatic hydroxyl groups is 1. The summed E-state index contributed by atoms with van der Waals surface area (Å²) in [4.78, 5) is 23.2. The number of carbonyl (C=O) groups is 2. The summed E-state index contributed by atoms with van der Waals surface area (Å²) in [6.07, 6.45) is 7.85. The number of hydrogen-bond acceptors (Lipinski definition) is 5. The Balaban J connectivity index is 1.43. The average molecular weight is 389 g/mol. The topological polar surface area (TPSA) is 76.1 Å². The van der Waals surface area contributed by atoms with E-state index in [2.05, 4.69) is 13.8 Å². The van der Waals surface area contributed by atoms with Crippen molar-refractivity contribution < 1.29 is 24.2 Å². The van der Waals surface area contributed by atoms with Crippen molar-refractivity contribution in [3.05, 3.63) is 11.6 Å². The molecule has 5 nitrogen and oxygen atoms in total. The number of rotatable bonds is 2. The molecule has 0 aromatic rings. The van der Waals surface area contributed by atoms with Crippen LogP contribution in [0.1, 0.15) is 65.7 Å². The van der Waals surface area contributed by atoms with E-state index in [0.717, 1.165) is 38.5 Å². The van der Waals surface area contributed by atoms with Crippen molar-refractivity contribution >= 4 is 11.8 Å². The Bertz CT molecular complexity index is 758. The fourth-order valence-corrected chi connectivity index (χ4v) is 8.01. The van der Waals surface area contributed by atoms with Crippen molar-refractivity contribution in [3.63, 3.8) is 0 Å². The summed E-state index contributed by atoms with van der Waals surface area (Å²) in [5, 5.41) is 11.4. The van der Waals surface area contributed by atoms with Crippen LogP contribution in [0.2, 0.25) is 0 Å². The van der Waals surface area contributed by atoms with Crippen molar-refractivity contribution in [2.45, 2.75) is 83.5 Å². The second-order valence-electron chi connectivity index (χ2n) is 10.4. The van der Waals surface area contributed by atoms with Gasteiger partial charge in [-0.1, -0.05) is 19.4 Å². The lowest BCUT2D eigenvalue weighted by Gasteiger charge is -2.59. The molecule has 5 rings (SSSR count). The Hall–Kier alpha value is -1.20. The van der Waals surface area contributed by atoms with Gasteiger partial charge in [0.05, 0.1) is 6.10 Å². The molecule has 0 amide bonds. The molecule has 5 heteroatoms. The number of carbonyl (C=O) groups excluding carboxylic acids is 2. The molecule has 0 aromatic carbocycles. The summed E-state index contributed by atoms with van der Waals surface area (Å²) in [6, 6.07) is 0. The molecule has 8 unspecified atom stereocenters. The van der Waals surface area contributed by atoms with Gasteiger partial charge in [-0.2, -0.15) is 0 Å². The van der Waals surface area contributed by atoms with Gasteiger partial charge < -0.3 is 14.6 Å². The highest BCUT2D eigenvalue weighted by atomic mass is 16.6. The highest BCUT2D eigenvalue weighted by Crippen LogP contribution is 2.72. The van der Waals surface area contributed by atoms with Crippen LogP contribution in [0.5, 0.6) is 0 Å². The largest absolute Gasteiger partial charge is 0.463 e. The summed E-state index contributed by atoms with van der Waals surface area (Å²) >= 11 is 0. The SMILES string of the molecule is CC(=O)OCC1OC12CCC1C3CCC4=CC(=O)CCC4(C)C3C(O)CC12C. The third-order valence-electron chi connectivity index (χ3n) is 9.33. The van der Waals surface area contributed by atoms with Crippen LogP contribution in [0, 0.1) is 28.6 Å². The van der Waals surface area contributed by atoms with Crippen molar-refractivity contribution in [1.29, 1.82) is 0 Å². The Morgan fingerprint density at radius 1 is 1.29 bits per heavy atom. The van der Waals surface area contributed by atoms with E-state index in [0.29, 0.717) is 24.9 Å². The molecule has 4 aliphatic carbocycles. The monoisotopic (exact) mass is 388 g/mol. The number of allylic oxidation sites excluding steroid dienone is 1. The molecule has 1 saturated heterocycles. The molecule has 0 bridgehead atoms. The zero-order valence-corrected chi connectivity index (χ0v) is 17.2. The van der Waals surface area contributed by atoms with E-state index >= 15 is 0 Å². The van der Waals surface area contributed by atoms with Gasteiger partial charge in [-0.25, -0.2) is 0 Å². The van der Waals surface area contributed by atoms with Gasteiger partial charge in [0.2, 0.25) is 0 Å². The molecule has 1 spiro atoms. The van der Waals surface area contributed by atoms with Crippen LogP contribution in [0.15, 0.2) is 11.6 Å². The minimum absolute atomic E-state index is 0.0305. The lowest BCUT2D eigenvalue weighted by atomic mass is 9.46. The van der Waals surface area contributed by atoms with Crippen molar-refractivity contribution in [1.82, 2.24) is 0 Å². The fourth-order valence-electron chi connectivity index (χ4n) is 8.01. The van der Waals surface area contributed by atoms with Crippen LogP contribution in [-0.2, 0) is 19.1 Å². The molecule has 154 valence electrons. The van der Waals surface area contributed by atoms with Gasteiger partial charge in [0.15, 0.2) is 5.78 Å². The lowest BCUT2D eigenvalue weighted by molar-refractivity contribution is -0.141. The number of aliphatic hydroxyl groups excluding tert-OH is 1. The molecule has 1 heterocycles. The minimum atomic E-state index is -0.373. The van der Waals surface area contributed by atoms with Crippen LogP contribution in [0.3, 0.4) is 0 Å². The first-order valence-corrected chi connectivity index (χ1v) is 10.9. The van der Waals surface area contributed by atoms with Crippen LogP contribution in [0.4, 0.5) is 0 Å². The molecule has 0 aromatic heterocycles. The van der Waals surface area contributed by atoms with E-state index < -0.39 is 0 Å². The Labute approximate surface area is 166 Å². The third-order valence-corrected chi connectivity index (χ3v) is 9.33. The third kappa shape index (κ3) is 2.32. The number of esters is 1. The summed E-state index contributed by atoms with van der Waals surface area (Å²) in [5.74, 6) is 1.22. The molecule has 0 radical (unpaired) electrons. The molecule has 8 atom stereocenters. The number of ketones is 1. The minimum Gasteiger partial charge on any atom is -0.463 e. The second kappa shape index (κ2) is 5.91. The number of hydrogen-bond donors (Lipinski definition) is 1. The van der Waals surface area contributed by atoms with Gasteiger partial charge in [-0.3, -0.25) is 9.59 Å². The quantitative estimate of drug-likeness (QED) is 0.581. The number of fused-ring (bicyclic) bond motifs is 6. The first-order chi connectivity index (χ1) is 13.2. The summed E-state index contributed by atoms with van der Waals surface area (Å²) in [7, 11) is 0. The maximum atomic E-state index is 12.0. The van der Waals surface area contributed by atoms with Crippen molar-refractivity contribution in [2.24, 2.45) is 28.6 Å². The molecular formula is C23H32O5. The van der Waals surface area contributed by atoms with Crippen LogP contribution < -0.4 is 0 Å². The number of epoxide rings is 1. The fraction of sp³-hybridized carbons (Fsp3) is 0.826. The van der Waals surface area contributed by atoms with Gasteiger partial charge in [0, 0.05) is 18.8 Å². The molecule has 28 heavy (non-hydrogen) atoms. The Morgan fingerprint density at radius 3 is 2.82 bits per heavy atom. The van der Waals surface area contributed by atoms with E-state index in [-0.39, 0.29) is 46.3 Å². The predicted octanol–water partition coefficient (Wildman–Crippen LogP) is 3.19. The standard InChI is InChI=1S/C23H32O5/c1-13(24)27-12-19-23(28-19)9-7-17-16-5-4-14-10-15(25)6-8-21(14,2)20(16)18(26)11-22(17,23)3/h10,16-20,26H,4-9,11-12H2,1-3H3. The Kier molecular flexibility index (Phi) is 3.97. The molecule has 5 aliphatic rings. The lowest BCUT2D eigenvalue weighted by Crippen LogP contribution is -2.58. The molecule has 1 aliphatic heterocycles. The van der Waals surface area contributed by atoms with Crippen molar-refractivity contribution in [3.8, 4) is 0 Å². The maximum Gasteiger partial charge on any atom is 0.302 e. The average Bonchev–Trinajstić information content (AvgIpc) is 3.27. The second-order valence-corrected chi connectivity index (χ2v) is 10.4. The predicted molar refractivity (Wildman–Crippen MR) is 102 cm³/mol. The molecule has 4 fully saturated rings. The van der Waals surface area contributed by atoms with Gasteiger partial charge in [0.1, 0.15) is 18.3 Å². The zero-order chi connectivity index (χ0) is 19.9. The van der Waals surface area contributed by atoms with Crippen LogP contribution >= 0.6 is 0 Å². The van der Waals surface area contributed by atoms with E-state index in [1.165, 1.54) is 12.5 Å². The highest BCUT2D eigenvalue weighted by molar-refractivity contribution is 5.91. The van der Waals surface area contributed by atoms with E-state index in [9.17, 15) is 14.7 Å². The first-order valence-electron chi connectivity index (χ1n) is 10.9. The normalized spacial score (nSPS) is 51.8. The van der Waals surface area contributed by atoms with Crippen molar-refractivity contribution in [2.75, 3.05) is 6.61 Å². The van der Waals surface area contributed by atoms with E-state index in [1.807, 2.05) is 6.08 Å².